The number of aryl methyl sites for hydroxylation is 2. The minimum atomic E-state index is -0.967. The van der Waals surface area contributed by atoms with Gasteiger partial charge in [-0.2, -0.15) is 0 Å². The SMILES string of the molecule is Cc1cc(Oc2ccnc(Nc3ccc(C(=O)O)cc3)c2)c(-c2ccccn2)nc1C. The minimum Gasteiger partial charge on any atom is -0.478 e. The summed E-state index contributed by atoms with van der Waals surface area (Å²) in [5.41, 5.74) is 4.26. The molecule has 0 bridgehead atoms. The maximum Gasteiger partial charge on any atom is 0.335 e. The van der Waals surface area contributed by atoms with E-state index in [1.54, 1.807) is 36.7 Å². The van der Waals surface area contributed by atoms with Crippen molar-refractivity contribution in [2.24, 2.45) is 0 Å². The number of carboxylic acid groups (broad SMARTS) is 1. The summed E-state index contributed by atoms with van der Waals surface area (Å²) in [5, 5.41) is 12.2. The smallest absolute Gasteiger partial charge is 0.335 e. The number of aromatic carboxylic acids is 1. The Balaban J connectivity index is 1.61. The number of hydrogen-bond acceptors (Lipinski definition) is 6. The highest BCUT2D eigenvalue weighted by Gasteiger charge is 2.13. The molecule has 0 fully saturated rings. The van der Waals surface area contributed by atoms with Gasteiger partial charge in [0.25, 0.3) is 0 Å². The Morgan fingerprint density at radius 1 is 0.968 bits per heavy atom. The molecule has 4 rings (SSSR count). The van der Waals surface area contributed by atoms with Crippen LogP contribution in [0.25, 0.3) is 11.4 Å². The van der Waals surface area contributed by atoms with Gasteiger partial charge in [0.15, 0.2) is 5.75 Å². The van der Waals surface area contributed by atoms with Crippen molar-refractivity contribution in [2.75, 3.05) is 5.32 Å². The van der Waals surface area contributed by atoms with E-state index in [2.05, 4.69) is 20.3 Å². The maximum absolute atomic E-state index is 11.0. The first-order chi connectivity index (χ1) is 15.0. The second kappa shape index (κ2) is 8.62. The molecule has 0 spiro atoms. The molecule has 0 aliphatic carbocycles. The zero-order valence-corrected chi connectivity index (χ0v) is 17.0. The largest absolute Gasteiger partial charge is 0.478 e. The quantitative estimate of drug-likeness (QED) is 0.438. The molecule has 0 aliphatic heterocycles. The molecule has 4 aromatic rings. The summed E-state index contributed by atoms with van der Waals surface area (Å²) in [4.78, 5) is 24.4. The van der Waals surface area contributed by atoms with Gasteiger partial charge in [-0.3, -0.25) is 4.98 Å². The summed E-state index contributed by atoms with van der Waals surface area (Å²) in [6.07, 6.45) is 3.36. The van der Waals surface area contributed by atoms with Crippen molar-refractivity contribution in [2.45, 2.75) is 13.8 Å². The molecule has 3 aromatic heterocycles. The molecule has 3 heterocycles. The second-order valence-corrected chi connectivity index (χ2v) is 6.94. The van der Waals surface area contributed by atoms with Gasteiger partial charge in [-0.05, 0) is 67.9 Å². The molecule has 1 aromatic carbocycles. The Bertz CT molecular complexity index is 1230. The highest BCUT2D eigenvalue weighted by Crippen LogP contribution is 2.33. The highest BCUT2D eigenvalue weighted by atomic mass is 16.5. The highest BCUT2D eigenvalue weighted by molar-refractivity contribution is 5.88. The van der Waals surface area contributed by atoms with Crippen LogP contribution < -0.4 is 10.1 Å². The van der Waals surface area contributed by atoms with Crippen molar-refractivity contribution in [3.63, 3.8) is 0 Å². The van der Waals surface area contributed by atoms with Crippen molar-refractivity contribution in [3.05, 3.63) is 89.9 Å². The summed E-state index contributed by atoms with van der Waals surface area (Å²) >= 11 is 0. The van der Waals surface area contributed by atoms with Gasteiger partial charge < -0.3 is 15.2 Å². The number of rotatable bonds is 6. The molecule has 0 radical (unpaired) electrons. The molecule has 0 saturated heterocycles. The first-order valence-corrected chi connectivity index (χ1v) is 9.63. The van der Waals surface area contributed by atoms with Gasteiger partial charge in [0.05, 0.1) is 11.3 Å². The number of anilines is 2. The van der Waals surface area contributed by atoms with E-state index in [4.69, 9.17) is 9.84 Å². The van der Waals surface area contributed by atoms with Gasteiger partial charge in [0, 0.05) is 29.8 Å². The van der Waals surface area contributed by atoms with Crippen LogP contribution in [0.1, 0.15) is 21.6 Å². The topological polar surface area (TPSA) is 97.2 Å². The van der Waals surface area contributed by atoms with Gasteiger partial charge in [-0.25, -0.2) is 14.8 Å². The molecular formula is C24H20N4O3. The maximum atomic E-state index is 11.0. The van der Waals surface area contributed by atoms with Crippen LogP contribution in [0.4, 0.5) is 11.5 Å². The van der Waals surface area contributed by atoms with Gasteiger partial charge in [0.2, 0.25) is 0 Å². The van der Waals surface area contributed by atoms with Gasteiger partial charge in [-0.15, -0.1) is 0 Å². The third kappa shape index (κ3) is 4.67. The molecule has 31 heavy (non-hydrogen) atoms. The Kier molecular flexibility index (Phi) is 5.57. The lowest BCUT2D eigenvalue weighted by atomic mass is 10.1. The van der Waals surface area contributed by atoms with Crippen molar-refractivity contribution in [3.8, 4) is 22.9 Å². The van der Waals surface area contributed by atoms with Crippen molar-refractivity contribution >= 4 is 17.5 Å². The fourth-order valence-electron chi connectivity index (χ4n) is 2.96. The van der Waals surface area contributed by atoms with Gasteiger partial charge >= 0.3 is 5.97 Å². The molecule has 0 atom stereocenters. The molecule has 0 saturated carbocycles. The van der Waals surface area contributed by atoms with Gasteiger partial charge in [0.1, 0.15) is 17.3 Å². The van der Waals surface area contributed by atoms with E-state index in [1.807, 2.05) is 38.1 Å². The summed E-state index contributed by atoms with van der Waals surface area (Å²) < 4.78 is 6.17. The minimum absolute atomic E-state index is 0.222. The third-order valence-electron chi connectivity index (χ3n) is 4.70. The van der Waals surface area contributed by atoms with E-state index in [-0.39, 0.29) is 5.56 Å². The first-order valence-electron chi connectivity index (χ1n) is 9.63. The number of aromatic nitrogens is 3. The van der Waals surface area contributed by atoms with Crippen LogP contribution in [0.15, 0.2) is 73.1 Å². The van der Waals surface area contributed by atoms with Crippen molar-refractivity contribution in [1.82, 2.24) is 15.0 Å². The van der Waals surface area contributed by atoms with Crippen molar-refractivity contribution < 1.29 is 14.6 Å². The molecule has 0 aliphatic rings. The fourth-order valence-corrected chi connectivity index (χ4v) is 2.96. The van der Waals surface area contributed by atoms with Crippen LogP contribution in [0.3, 0.4) is 0 Å². The fraction of sp³-hybridized carbons (Fsp3) is 0.0833. The predicted octanol–water partition coefficient (Wildman–Crippen LogP) is 5.39. The molecular weight excluding hydrogens is 392 g/mol. The van der Waals surface area contributed by atoms with E-state index in [9.17, 15) is 4.79 Å². The number of pyridine rings is 3. The molecule has 154 valence electrons. The lowest BCUT2D eigenvalue weighted by molar-refractivity contribution is 0.0697. The average molecular weight is 412 g/mol. The predicted molar refractivity (Wildman–Crippen MR) is 118 cm³/mol. The summed E-state index contributed by atoms with van der Waals surface area (Å²) in [6, 6.07) is 17.6. The van der Waals surface area contributed by atoms with Crippen LogP contribution in [-0.2, 0) is 0 Å². The van der Waals surface area contributed by atoms with Crippen LogP contribution >= 0.6 is 0 Å². The Labute approximate surface area is 179 Å². The number of benzene rings is 1. The number of ether oxygens (including phenoxy) is 1. The second-order valence-electron chi connectivity index (χ2n) is 6.94. The molecule has 0 unspecified atom stereocenters. The Morgan fingerprint density at radius 2 is 1.77 bits per heavy atom. The normalized spacial score (nSPS) is 10.5. The molecule has 2 N–H and O–H groups in total. The first kappa shape index (κ1) is 20.0. The summed E-state index contributed by atoms with van der Waals surface area (Å²) in [6.45, 7) is 3.94. The van der Waals surface area contributed by atoms with Crippen molar-refractivity contribution in [1.29, 1.82) is 0 Å². The number of hydrogen-bond donors (Lipinski definition) is 2. The summed E-state index contributed by atoms with van der Waals surface area (Å²) in [7, 11) is 0. The van der Waals surface area contributed by atoms with E-state index < -0.39 is 5.97 Å². The number of carboxylic acids is 1. The molecule has 7 nitrogen and oxygen atoms in total. The Hall–Kier alpha value is -4.26. The average Bonchev–Trinajstić information content (AvgIpc) is 2.77. The lowest BCUT2D eigenvalue weighted by Crippen LogP contribution is -1.99. The summed E-state index contributed by atoms with van der Waals surface area (Å²) in [5.74, 6) is 0.786. The van der Waals surface area contributed by atoms with Crippen LogP contribution in [0.2, 0.25) is 0 Å². The van der Waals surface area contributed by atoms with Crippen LogP contribution in [0, 0.1) is 13.8 Å². The molecule has 0 amide bonds. The van der Waals surface area contributed by atoms with Crippen LogP contribution in [0.5, 0.6) is 11.5 Å². The number of nitrogens with one attached hydrogen (secondary N) is 1. The lowest BCUT2D eigenvalue weighted by Gasteiger charge is -2.13. The van der Waals surface area contributed by atoms with Gasteiger partial charge in [-0.1, -0.05) is 6.07 Å². The monoisotopic (exact) mass is 412 g/mol. The van der Waals surface area contributed by atoms with E-state index in [1.165, 1.54) is 12.1 Å². The molecule has 7 heteroatoms. The standard InChI is InChI=1S/C24H20N4O3/c1-15-13-21(23(27-16(15)2)20-5-3-4-11-25-20)31-19-10-12-26-22(14-19)28-18-8-6-17(7-9-18)24(29)30/h3-14H,1-2H3,(H,26,28)(H,29,30). The van der Waals surface area contributed by atoms with E-state index in [0.29, 0.717) is 23.0 Å². The van der Waals surface area contributed by atoms with Crippen LogP contribution in [-0.4, -0.2) is 26.0 Å². The van der Waals surface area contributed by atoms with E-state index in [0.717, 1.165) is 22.6 Å². The number of nitrogens with zero attached hydrogens (tertiary/aromatic N) is 3. The zero-order valence-electron chi connectivity index (χ0n) is 17.0. The Morgan fingerprint density at radius 3 is 2.48 bits per heavy atom. The third-order valence-corrected chi connectivity index (χ3v) is 4.70. The zero-order chi connectivity index (χ0) is 21.8. The van der Waals surface area contributed by atoms with E-state index >= 15 is 0 Å². The number of carbonyl (C=O) groups is 1.